The smallest absolute Gasteiger partial charge is 0.105 e. The van der Waals surface area contributed by atoms with Gasteiger partial charge in [0.1, 0.15) is 6.67 Å². The lowest BCUT2D eigenvalue weighted by molar-refractivity contribution is 0.338. The predicted molar refractivity (Wildman–Crippen MR) is 42.9 cm³/mol. The zero-order valence-electron chi connectivity index (χ0n) is 7.15. The molecule has 0 radical (unpaired) electrons. The van der Waals surface area contributed by atoms with Gasteiger partial charge >= 0.3 is 0 Å². The van der Waals surface area contributed by atoms with Crippen LogP contribution in [-0.4, -0.2) is 18.8 Å². The summed E-state index contributed by atoms with van der Waals surface area (Å²) in [5.41, 5.74) is 0. The lowest BCUT2D eigenvalue weighted by Gasteiger charge is -2.16. The number of hydrogen-bond acceptors (Lipinski definition) is 1. The van der Waals surface area contributed by atoms with Gasteiger partial charge in [0.15, 0.2) is 0 Å². The minimum absolute atomic E-state index is 0.0741. The third-order valence-electron chi connectivity index (χ3n) is 1.39. The zero-order chi connectivity index (χ0) is 7.98. The van der Waals surface area contributed by atoms with Crippen molar-refractivity contribution in [2.45, 2.75) is 45.7 Å². The van der Waals surface area contributed by atoms with E-state index in [1.165, 1.54) is 0 Å². The van der Waals surface area contributed by atoms with Gasteiger partial charge in [-0.1, -0.05) is 27.2 Å². The van der Waals surface area contributed by atoms with E-state index in [-0.39, 0.29) is 12.7 Å². The lowest BCUT2D eigenvalue weighted by atomic mass is 10.2. The highest BCUT2D eigenvalue weighted by Gasteiger charge is 2.06. The third-order valence-corrected chi connectivity index (χ3v) is 1.39. The molecule has 0 fully saturated rings. The van der Waals surface area contributed by atoms with Crippen molar-refractivity contribution in [3.05, 3.63) is 0 Å². The fraction of sp³-hybridized carbons (Fsp3) is 1.00. The Morgan fingerprint density at radius 2 is 2.00 bits per heavy atom. The number of hydrogen-bond donors (Lipinski definition) is 1. The molecule has 0 aliphatic heterocycles. The summed E-state index contributed by atoms with van der Waals surface area (Å²) in [7, 11) is 0. The standard InChI is InChI=1S/C8H18FN/c1-4-5-8(6-9)10-7(2)3/h7-8,10H,4-6H2,1-3H3. The number of nitrogens with one attached hydrogen (secondary N) is 1. The second-order valence-electron chi connectivity index (χ2n) is 2.96. The molecule has 0 spiro atoms. The maximum absolute atomic E-state index is 12.1. The van der Waals surface area contributed by atoms with Gasteiger partial charge in [-0.3, -0.25) is 0 Å². The van der Waals surface area contributed by atoms with Gasteiger partial charge in [0.05, 0.1) is 0 Å². The van der Waals surface area contributed by atoms with E-state index in [0.29, 0.717) is 6.04 Å². The summed E-state index contributed by atoms with van der Waals surface area (Å²) in [6.07, 6.45) is 1.99. The highest BCUT2D eigenvalue weighted by molar-refractivity contribution is 4.66. The van der Waals surface area contributed by atoms with E-state index >= 15 is 0 Å². The van der Waals surface area contributed by atoms with Crippen molar-refractivity contribution in [2.75, 3.05) is 6.67 Å². The van der Waals surface area contributed by atoms with Crippen LogP contribution in [0.4, 0.5) is 4.39 Å². The molecule has 0 amide bonds. The van der Waals surface area contributed by atoms with Crippen molar-refractivity contribution in [3.8, 4) is 0 Å². The van der Waals surface area contributed by atoms with E-state index < -0.39 is 0 Å². The van der Waals surface area contributed by atoms with Crippen molar-refractivity contribution < 1.29 is 4.39 Å². The molecular formula is C8H18FN. The van der Waals surface area contributed by atoms with E-state index in [9.17, 15) is 4.39 Å². The SMILES string of the molecule is CCCC(CF)NC(C)C. The second kappa shape index (κ2) is 5.66. The first-order valence-electron chi connectivity index (χ1n) is 4.02. The topological polar surface area (TPSA) is 12.0 Å². The maximum atomic E-state index is 12.1. The van der Waals surface area contributed by atoms with Gasteiger partial charge < -0.3 is 5.32 Å². The summed E-state index contributed by atoms with van der Waals surface area (Å²) in [6.45, 7) is 5.91. The Balaban J connectivity index is 3.39. The Kier molecular flexibility index (Phi) is 5.60. The molecular weight excluding hydrogens is 129 g/mol. The minimum atomic E-state index is -0.244. The summed E-state index contributed by atoms with van der Waals surface area (Å²) < 4.78 is 12.1. The van der Waals surface area contributed by atoms with Crippen LogP contribution in [0.2, 0.25) is 0 Å². The Morgan fingerprint density at radius 3 is 2.30 bits per heavy atom. The first-order valence-corrected chi connectivity index (χ1v) is 4.02. The van der Waals surface area contributed by atoms with Gasteiger partial charge in [-0.15, -0.1) is 0 Å². The van der Waals surface area contributed by atoms with Crippen molar-refractivity contribution in [2.24, 2.45) is 0 Å². The van der Waals surface area contributed by atoms with Crippen LogP contribution in [0.25, 0.3) is 0 Å². The van der Waals surface area contributed by atoms with Crippen LogP contribution in [-0.2, 0) is 0 Å². The molecule has 1 unspecified atom stereocenters. The minimum Gasteiger partial charge on any atom is -0.309 e. The molecule has 0 saturated carbocycles. The maximum Gasteiger partial charge on any atom is 0.105 e. The largest absolute Gasteiger partial charge is 0.309 e. The first-order chi connectivity index (χ1) is 4.70. The van der Waals surface area contributed by atoms with E-state index in [2.05, 4.69) is 12.2 Å². The van der Waals surface area contributed by atoms with E-state index in [4.69, 9.17) is 0 Å². The van der Waals surface area contributed by atoms with Crippen LogP contribution in [0, 0.1) is 0 Å². The number of rotatable bonds is 5. The first kappa shape index (κ1) is 9.89. The molecule has 0 heterocycles. The molecule has 0 aromatic heterocycles. The molecule has 2 heteroatoms. The van der Waals surface area contributed by atoms with Crippen LogP contribution in [0.5, 0.6) is 0 Å². The molecule has 0 aliphatic rings. The summed E-state index contributed by atoms with van der Waals surface area (Å²) >= 11 is 0. The van der Waals surface area contributed by atoms with Gasteiger partial charge in [-0.25, -0.2) is 4.39 Å². The fourth-order valence-electron chi connectivity index (χ4n) is 1.02. The summed E-state index contributed by atoms with van der Waals surface area (Å²) in [5.74, 6) is 0. The fourth-order valence-corrected chi connectivity index (χ4v) is 1.02. The van der Waals surface area contributed by atoms with Gasteiger partial charge in [-0.2, -0.15) is 0 Å². The number of alkyl halides is 1. The van der Waals surface area contributed by atoms with Crippen molar-refractivity contribution in [1.29, 1.82) is 0 Å². The lowest BCUT2D eigenvalue weighted by Crippen LogP contribution is -2.36. The van der Waals surface area contributed by atoms with Crippen molar-refractivity contribution >= 4 is 0 Å². The summed E-state index contributed by atoms with van der Waals surface area (Å²) in [6, 6.07) is 0.470. The molecule has 1 atom stereocenters. The molecule has 1 N–H and O–H groups in total. The molecule has 0 saturated heterocycles. The van der Waals surface area contributed by atoms with Gasteiger partial charge in [-0.05, 0) is 6.42 Å². The highest BCUT2D eigenvalue weighted by atomic mass is 19.1. The van der Waals surface area contributed by atoms with Crippen LogP contribution < -0.4 is 5.32 Å². The van der Waals surface area contributed by atoms with Gasteiger partial charge in [0, 0.05) is 12.1 Å². The quantitative estimate of drug-likeness (QED) is 0.628. The van der Waals surface area contributed by atoms with E-state index in [0.717, 1.165) is 12.8 Å². The molecule has 0 aromatic carbocycles. The van der Waals surface area contributed by atoms with Crippen LogP contribution in [0.1, 0.15) is 33.6 Å². The summed E-state index contributed by atoms with van der Waals surface area (Å²) in [5, 5.41) is 3.16. The summed E-state index contributed by atoms with van der Waals surface area (Å²) in [4.78, 5) is 0. The average Bonchev–Trinajstić information content (AvgIpc) is 1.86. The van der Waals surface area contributed by atoms with E-state index in [1.54, 1.807) is 0 Å². The molecule has 62 valence electrons. The van der Waals surface area contributed by atoms with Crippen molar-refractivity contribution in [1.82, 2.24) is 5.32 Å². The van der Waals surface area contributed by atoms with Gasteiger partial charge in [0.2, 0.25) is 0 Å². The molecule has 0 aliphatic carbocycles. The van der Waals surface area contributed by atoms with Crippen molar-refractivity contribution in [3.63, 3.8) is 0 Å². The third kappa shape index (κ3) is 4.74. The average molecular weight is 147 g/mol. The highest BCUT2D eigenvalue weighted by Crippen LogP contribution is 1.98. The van der Waals surface area contributed by atoms with E-state index in [1.807, 2.05) is 13.8 Å². The molecule has 0 rings (SSSR count). The monoisotopic (exact) mass is 147 g/mol. The normalized spacial score (nSPS) is 14.1. The molecule has 1 nitrogen and oxygen atoms in total. The molecule has 10 heavy (non-hydrogen) atoms. The number of halogens is 1. The second-order valence-corrected chi connectivity index (χ2v) is 2.96. The Bertz CT molecular complexity index is 73.7. The molecule has 0 bridgehead atoms. The Hall–Kier alpha value is -0.110. The van der Waals surface area contributed by atoms with Crippen LogP contribution in [0.3, 0.4) is 0 Å². The predicted octanol–water partition coefficient (Wildman–Crippen LogP) is 2.12. The Morgan fingerprint density at radius 1 is 1.40 bits per heavy atom. The Labute approximate surface area is 63.0 Å². The zero-order valence-corrected chi connectivity index (χ0v) is 7.15. The molecule has 0 aromatic rings. The van der Waals surface area contributed by atoms with Crippen LogP contribution in [0.15, 0.2) is 0 Å². The van der Waals surface area contributed by atoms with Crippen LogP contribution >= 0.6 is 0 Å². The van der Waals surface area contributed by atoms with Gasteiger partial charge in [0.25, 0.3) is 0 Å².